The van der Waals surface area contributed by atoms with Crippen LogP contribution in [0.2, 0.25) is 0 Å². The van der Waals surface area contributed by atoms with E-state index < -0.39 is 0 Å². The summed E-state index contributed by atoms with van der Waals surface area (Å²) in [7, 11) is 1.69. The zero-order valence-electron chi connectivity index (χ0n) is 10.3. The van der Waals surface area contributed by atoms with Crippen molar-refractivity contribution in [3.63, 3.8) is 0 Å². The molecule has 96 valence electrons. The van der Waals surface area contributed by atoms with E-state index in [0.717, 1.165) is 42.5 Å². The van der Waals surface area contributed by atoms with Gasteiger partial charge in [0.2, 0.25) is 0 Å². The average molecular weight is 264 g/mol. The van der Waals surface area contributed by atoms with Crippen molar-refractivity contribution >= 4 is 21.6 Å². The molecule has 1 atom stereocenters. The van der Waals surface area contributed by atoms with E-state index in [9.17, 15) is 0 Å². The highest BCUT2D eigenvalue weighted by atomic mass is 32.1. The van der Waals surface area contributed by atoms with E-state index in [1.54, 1.807) is 18.4 Å². The number of methoxy groups -OCH3 is 1. The third-order valence-corrected chi connectivity index (χ3v) is 4.10. The Kier molecular flexibility index (Phi) is 3.45. The quantitative estimate of drug-likeness (QED) is 0.918. The average Bonchev–Trinajstić information content (AvgIpc) is 2.80. The Hall–Kier alpha value is -1.17. The first-order valence-electron chi connectivity index (χ1n) is 6.10. The number of aromatic nitrogens is 1. The van der Waals surface area contributed by atoms with Crippen molar-refractivity contribution in [1.29, 1.82) is 0 Å². The van der Waals surface area contributed by atoms with Gasteiger partial charge < -0.3 is 14.8 Å². The van der Waals surface area contributed by atoms with Crippen LogP contribution in [-0.4, -0.2) is 37.9 Å². The molecule has 1 aromatic heterocycles. The Labute approximate surface area is 110 Å². The highest BCUT2D eigenvalue weighted by molar-refractivity contribution is 7.18. The first-order valence-corrected chi connectivity index (χ1v) is 6.91. The molecule has 5 heteroatoms. The second-order valence-electron chi connectivity index (χ2n) is 4.37. The van der Waals surface area contributed by atoms with E-state index in [0.29, 0.717) is 6.04 Å². The van der Waals surface area contributed by atoms with E-state index in [4.69, 9.17) is 9.47 Å². The summed E-state index contributed by atoms with van der Waals surface area (Å²) in [6.45, 7) is 2.52. The van der Waals surface area contributed by atoms with Crippen molar-refractivity contribution in [2.24, 2.45) is 0 Å². The number of benzene rings is 1. The molecule has 0 aliphatic carbocycles. The standard InChI is InChI=1S/C13H16N2O2S/c1-16-10-2-3-11-12(7-10)18-13(15-11)6-9-8-17-5-4-14-9/h2-3,7,9,14H,4-6,8H2,1H3. The molecule has 0 spiro atoms. The SMILES string of the molecule is COc1ccc2nc(CC3COCCN3)sc2c1. The van der Waals surface area contributed by atoms with E-state index in [-0.39, 0.29) is 0 Å². The monoisotopic (exact) mass is 264 g/mol. The molecule has 1 N–H and O–H groups in total. The van der Waals surface area contributed by atoms with Gasteiger partial charge in [0.15, 0.2) is 0 Å². The smallest absolute Gasteiger partial charge is 0.120 e. The zero-order chi connectivity index (χ0) is 12.4. The van der Waals surface area contributed by atoms with Gasteiger partial charge in [-0.05, 0) is 18.2 Å². The minimum atomic E-state index is 0.390. The Morgan fingerprint density at radius 2 is 2.50 bits per heavy atom. The van der Waals surface area contributed by atoms with Gasteiger partial charge in [-0.25, -0.2) is 4.98 Å². The molecule has 0 radical (unpaired) electrons. The van der Waals surface area contributed by atoms with Crippen LogP contribution in [0.15, 0.2) is 18.2 Å². The first kappa shape index (κ1) is 11.9. The maximum Gasteiger partial charge on any atom is 0.120 e. The second-order valence-corrected chi connectivity index (χ2v) is 5.49. The number of thiazole rings is 1. The molecule has 3 rings (SSSR count). The van der Waals surface area contributed by atoms with Crippen molar-refractivity contribution in [3.8, 4) is 5.75 Å². The lowest BCUT2D eigenvalue weighted by Gasteiger charge is -2.22. The van der Waals surface area contributed by atoms with Crippen LogP contribution >= 0.6 is 11.3 Å². The van der Waals surface area contributed by atoms with Crippen LogP contribution in [0.5, 0.6) is 5.75 Å². The molecule has 1 fully saturated rings. The summed E-state index contributed by atoms with van der Waals surface area (Å²) in [4.78, 5) is 4.65. The van der Waals surface area contributed by atoms with Crippen molar-refractivity contribution in [2.45, 2.75) is 12.5 Å². The molecule has 1 aliphatic rings. The lowest BCUT2D eigenvalue weighted by Crippen LogP contribution is -2.42. The number of hydrogen-bond donors (Lipinski definition) is 1. The van der Waals surface area contributed by atoms with Crippen molar-refractivity contribution in [3.05, 3.63) is 23.2 Å². The van der Waals surface area contributed by atoms with E-state index in [1.807, 2.05) is 18.2 Å². The molecule has 18 heavy (non-hydrogen) atoms. The molecule has 1 saturated heterocycles. The fourth-order valence-corrected chi connectivity index (χ4v) is 3.20. The van der Waals surface area contributed by atoms with Gasteiger partial charge in [0.25, 0.3) is 0 Å². The highest BCUT2D eigenvalue weighted by Gasteiger charge is 2.15. The summed E-state index contributed by atoms with van der Waals surface area (Å²) in [5, 5.41) is 4.61. The third kappa shape index (κ3) is 2.48. The van der Waals surface area contributed by atoms with Gasteiger partial charge in [0.1, 0.15) is 5.75 Å². The number of rotatable bonds is 3. The molecule has 1 aliphatic heterocycles. The Bertz CT molecular complexity index is 535. The largest absolute Gasteiger partial charge is 0.497 e. The molecule has 1 aromatic carbocycles. The van der Waals surface area contributed by atoms with Gasteiger partial charge in [0.05, 0.1) is 35.5 Å². The lowest BCUT2D eigenvalue weighted by molar-refractivity contribution is 0.0770. The topological polar surface area (TPSA) is 43.4 Å². The molecule has 0 bridgehead atoms. The summed E-state index contributed by atoms with van der Waals surface area (Å²) in [5.74, 6) is 0.886. The summed E-state index contributed by atoms with van der Waals surface area (Å²) in [6.07, 6.45) is 0.932. The molecular weight excluding hydrogens is 248 g/mol. The van der Waals surface area contributed by atoms with E-state index in [2.05, 4.69) is 10.3 Å². The molecule has 0 saturated carbocycles. The highest BCUT2D eigenvalue weighted by Crippen LogP contribution is 2.27. The zero-order valence-corrected chi connectivity index (χ0v) is 11.1. The Morgan fingerprint density at radius 1 is 1.56 bits per heavy atom. The van der Waals surface area contributed by atoms with Crippen LogP contribution in [-0.2, 0) is 11.2 Å². The first-order chi connectivity index (χ1) is 8.85. The number of hydrogen-bond acceptors (Lipinski definition) is 5. The van der Waals surface area contributed by atoms with E-state index in [1.165, 1.54) is 4.70 Å². The summed E-state index contributed by atoms with van der Waals surface area (Å²) in [5.41, 5.74) is 1.05. The van der Waals surface area contributed by atoms with Crippen LogP contribution in [0.4, 0.5) is 0 Å². The minimum absolute atomic E-state index is 0.390. The molecule has 2 heterocycles. The van der Waals surface area contributed by atoms with Crippen LogP contribution in [0.3, 0.4) is 0 Å². The summed E-state index contributed by atoms with van der Waals surface area (Å²) >= 11 is 1.73. The Balaban J connectivity index is 1.79. The fraction of sp³-hybridized carbons (Fsp3) is 0.462. The van der Waals surface area contributed by atoms with Crippen LogP contribution in [0, 0.1) is 0 Å². The molecule has 2 aromatic rings. The lowest BCUT2D eigenvalue weighted by atomic mass is 10.2. The number of nitrogens with one attached hydrogen (secondary N) is 1. The third-order valence-electron chi connectivity index (χ3n) is 3.06. The van der Waals surface area contributed by atoms with Crippen LogP contribution < -0.4 is 10.1 Å². The molecular formula is C13H16N2O2S. The number of morpholine rings is 1. The predicted octanol–water partition coefficient (Wildman–Crippen LogP) is 1.84. The van der Waals surface area contributed by atoms with Gasteiger partial charge in [-0.1, -0.05) is 0 Å². The molecule has 0 amide bonds. The van der Waals surface area contributed by atoms with Gasteiger partial charge in [-0.15, -0.1) is 11.3 Å². The van der Waals surface area contributed by atoms with Gasteiger partial charge in [-0.3, -0.25) is 0 Å². The fourth-order valence-electron chi connectivity index (χ4n) is 2.13. The number of nitrogens with zero attached hydrogens (tertiary/aromatic N) is 1. The maximum atomic E-state index is 5.46. The van der Waals surface area contributed by atoms with Crippen molar-refractivity contribution in [1.82, 2.24) is 10.3 Å². The van der Waals surface area contributed by atoms with Gasteiger partial charge >= 0.3 is 0 Å². The van der Waals surface area contributed by atoms with Gasteiger partial charge in [0, 0.05) is 19.0 Å². The summed E-state index contributed by atoms with van der Waals surface area (Å²) in [6, 6.07) is 6.40. The van der Waals surface area contributed by atoms with Crippen molar-refractivity contribution in [2.75, 3.05) is 26.9 Å². The van der Waals surface area contributed by atoms with E-state index >= 15 is 0 Å². The van der Waals surface area contributed by atoms with Crippen LogP contribution in [0.25, 0.3) is 10.2 Å². The van der Waals surface area contributed by atoms with Gasteiger partial charge in [-0.2, -0.15) is 0 Å². The van der Waals surface area contributed by atoms with Crippen LogP contribution in [0.1, 0.15) is 5.01 Å². The maximum absolute atomic E-state index is 5.46. The molecule has 1 unspecified atom stereocenters. The predicted molar refractivity (Wildman–Crippen MR) is 72.5 cm³/mol. The minimum Gasteiger partial charge on any atom is -0.497 e. The Morgan fingerprint density at radius 3 is 3.28 bits per heavy atom. The molecule has 4 nitrogen and oxygen atoms in total. The normalized spacial score (nSPS) is 20.2. The number of fused-ring (bicyclic) bond motifs is 1. The summed E-state index contributed by atoms with van der Waals surface area (Å²) < 4.78 is 11.9. The second kappa shape index (κ2) is 5.22. The van der Waals surface area contributed by atoms with Crippen molar-refractivity contribution < 1.29 is 9.47 Å². The number of ether oxygens (including phenoxy) is 2.